The highest BCUT2D eigenvalue weighted by atomic mass is 35.5. The maximum atomic E-state index is 5.99. The largest absolute Gasteiger partial charge is 0.353 e. The Morgan fingerprint density at radius 3 is 2.50 bits per heavy atom. The molecule has 0 bridgehead atoms. The van der Waals surface area contributed by atoms with Crippen LogP contribution in [0.1, 0.15) is 26.7 Å². The molecule has 1 aromatic heterocycles. The molecular weight excluding hydrogens is 276 g/mol. The summed E-state index contributed by atoms with van der Waals surface area (Å²) in [6.07, 6.45) is 2.38. The van der Waals surface area contributed by atoms with Crippen molar-refractivity contribution in [1.29, 1.82) is 0 Å². The summed E-state index contributed by atoms with van der Waals surface area (Å²) in [5.74, 6) is 1.26. The second kappa shape index (κ2) is 7.59. The number of halogens is 1. The van der Waals surface area contributed by atoms with E-state index in [1.54, 1.807) is 0 Å². The summed E-state index contributed by atoms with van der Waals surface area (Å²) in [6, 6.07) is 0. The van der Waals surface area contributed by atoms with Crippen LogP contribution in [0.5, 0.6) is 0 Å². The predicted octanol–water partition coefficient (Wildman–Crippen LogP) is 1.88. The summed E-state index contributed by atoms with van der Waals surface area (Å²) in [5, 5.41) is 3.49. The van der Waals surface area contributed by atoms with E-state index in [0.29, 0.717) is 11.9 Å². The van der Waals surface area contributed by atoms with E-state index in [1.165, 1.54) is 12.8 Å². The van der Waals surface area contributed by atoms with Crippen molar-refractivity contribution >= 4 is 23.5 Å². The third-order valence-corrected chi connectivity index (χ3v) is 3.76. The normalized spacial score (nSPS) is 15.1. The van der Waals surface area contributed by atoms with Gasteiger partial charge in [-0.1, -0.05) is 13.8 Å². The van der Waals surface area contributed by atoms with Crippen molar-refractivity contribution in [2.24, 2.45) is 0 Å². The van der Waals surface area contributed by atoms with Crippen molar-refractivity contribution in [3.8, 4) is 0 Å². The first-order valence-electron chi connectivity index (χ1n) is 7.35. The van der Waals surface area contributed by atoms with E-state index in [4.69, 9.17) is 11.6 Å². The van der Waals surface area contributed by atoms with Gasteiger partial charge in [-0.2, -0.15) is 15.0 Å². The van der Waals surface area contributed by atoms with E-state index < -0.39 is 0 Å². The lowest BCUT2D eigenvalue weighted by atomic mass is 10.4. The fourth-order valence-electron chi connectivity index (χ4n) is 2.34. The second-order valence-corrected chi connectivity index (χ2v) is 5.21. The number of rotatable bonds is 7. The summed E-state index contributed by atoms with van der Waals surface area (Å²) in [6.45, 7) is 10.2. The van der Waals surface area contributed by atoms with Gasteiger partial charge >= 0.3 is 0 Å². The smallest absolute Gasteiger partial charge is 0.231 e. The fourth-order valence-corrected chi connectivity index (χ4v) is 2.50. The molecule has 1 aliphatic heterocycles. The van der Waals surface area contributed by atoms with E-state index in [0.717, 1.165) is 39.3 Å². The summed E-state index contributed by atoms with van der Waals surface area (Å²) < 4.78 is 0. The Hall–Kier alpha value is -1.14. The molecule has 0 saturated carbocycles. The molecule has 20 heavy (non-hydrogen) atoms. The minimum atomic E-state index is 0.257. The Morgan fingerprint density at radius 1 is 1.15 bits per heavy atom. The van der Waals surface area contributed by atoms with Gasteiger partial charge < -0.3 is 15.1 Å². The van der Waals surface area contributed by atoms with E-state index in [2.05, 4.69) is 43.9 Å². The standard InChI is InChI=1S/C13H23ClN6/c1-3-19(4-2)10-7-15-12-16-11(14)17-13(18-12)20-8-5-6-9-20/h3-10H2,1-2H3,(H,15,16,17,18). The number of hydrogen-bond acceptors (Lipinski definition) is 6. The van der Waals surface area contributed by atoms with E-state index in [9.17, 15) is 0 Å². The maximum Gasteiger partial charge on any atom is 0.231 e. The van der Waals surface area contributed by atoms with Crippen LogP contribution in [-0.4, -0.2) is 59.1 Å². The van der Waals surface area contributed by atoms with Gasteiger partial charge in [0.2, 0.25) is 17.2 Å². The Balaban J connectivity index is 1.93. The lowest BCUT2D eigenvalue weighted by molar-refractivity contribution is 0.316. The number of hydrogen-bond donors (Lipinski definition) is 1. The van der Waals surface area contributed by atoms with Crippen molar-refractivity contribution in [2.75, 3.05) is 49.5 Å². The third kappa shape index (κ3) is 4.18. The van der Waals surface area contributed by atoms with Crippen LogP contribution in [0, 0.1) is 0 Å². The molecule has 0 unspecified atom stereocenters. The van der Waals surface area contributed by atoms with Gasteiger partial charge in [0, 0.05) is 26.2 Å². The molecule has 1 aromatic rings. The van der Waals surface area contributed by atoms with Crippen molar-refractivity contribution in [1.82, 2.24) is 19.9 Å². The van der Waals surface area contributed by atoms with E-state index in [-0.39, 0.29) is 5.28 Å². The van der Waals surface area contributed by atoms with Crippen LogP contribution in [0.2, 0.25) is 5.28 Å². The van der Waals surface area contributed by atoms with Gasteiger partial charge in [-0.25, -0.2) is 0 Å². The molecule has 0 spiro atoms. The van der Waals surface area contributed by atoms with Crippen LogP contribution in [0.25, 0.3) is 0 Å². The molecule has 112 valence electrons. The van der Waals surface area contributed by atoms with Crippen LogP contribution < -0.4 is 10.2 Å². The average molecular weight is 299 g/mol. The zero-order valence-electron chi connectivity index (χ0n) is 12.3. The molecule has 1 N–H and O–H groups in total. The minimum absolute atomic E-state index is 0.257. The molecule has 0 aliphatic carbocycles. The number of nitrogens with one attached hydrogen (secondary N) is 1. The lowest BCUT2D eigenvalue weighted by Crippen LogP contribution is -2.29. The molecular formula is C13H23ClN6. The molecule has 0 radical (unpaired) electrons. The highest BCUT2D eigenvalue weighted by Crippen LogP contribution is 2.18. The van der Waals surface area contributed by atoms with Gasteiger partial charge in [0.25, 0.3) is 0 Å². The van der Waals surface area contributed by atoms with Crippen LogP contribution in [-0.2, 0) is 0 Å². The van der Waals surface area contributed by atoms with Gasteiger partial charge in [0.15, 0.2) is 0 Å². The number of nitrogens with zero attached hydrogens (tertiary/aromatic N) is 5. The molecule has 1 saturated heterocycles. The molecule has 0 aromatic carbocycles. The molecule has 1 aliphatic rings. The van der Waals surface area contributed by atoms with Crippen LogP contribution in [0.3, 0.4) is 0 Å². The highest BCUT2D eigenvalue weighted by molar-refractivity contribution is 6.28. The van der Waals surface area contributed by atoms with Crippen LogP contribution in [0.15, 0.2) is 0 Å². The molecule has 7 heteroatoms. The first-order valence-corrected chi connectivity index (χ1v) is 7.73. The average Bonchev–Trinajstić information content (AvgIpc) is 2.97. The lowest BCUT2D eigenvalue weighted by Gasteiger charge is -2.19. The van der Waals surface area contributed by atoms with Crippen molar-refractivity contribution in [2.45, 2.75) is 26.7 Å². The SMILES string of the molecule is CCN(CC)CCNc1nc(Cl)nc(N2CCCC2)n1. The topological polar surface area (TPSA) is 57.2 Å². The van der Waals surface area contributed by atoms with Gasteiger partial charge in [0.1, 0.15) is 0 Å². The monoisotopic (exact) mass is 298 g/mol. The van der Waals surface area contributed by atoms with E-state index in [1.807, 2.05) is 0 Å². The molecule has 6 nitrogen and oxygen atoms in total. The second-order valence-electron chi connectivity index (χ2n) is 4.88. The Morgan fingerprint density at radius 2 is 1.85 bits per heavy atom. The van der Waals surface area contributed by atoms with Gasteiger partial charge in [-0.15, -0.1) is 0 Å². The Labute approximate surface area is 125 Å². The highest BCUT2D eigenvalue weighted by Gasteiger charge is 2.16. The first-order chi connectivity index (χ1) is 9.72. The summed E-state index contributed by atoms with van der Waals surface area (Å²) in [4.78, 5) is 17.3. The molecule has 1 fully saturated rings. The number of anilines is 2. The summed E-state index contributed by atoms with van der Waals surface area (Å²) in [7, 11) is 0. The minimum Gasteiger partial charge on any atom is -0.353 e. The molecule has 0 amide bonds. The molecule has 2 heterocycles. The number of aromatic nitrogens is 3. The third-order valence-electron chi connectivity index (χ3n) is 3.59. The zero-order chi connectivity index (χ0) is 14.4. The van der Waals surface area contributed by atoms with Crippen molar-refractivity contribution in [3.63, 3.8) is 0 Å². The van der Waals surface area contributed by atoms with Crippen molar-refractivity contribution < 1.29 is 0 Å². The summed E-state index contributed by atoms with van der Waals surface area (Å²) in [5.41, 5.74) is 0. The Kier molecular flexibility index (Phi) is 5.79. The first kappa shape index (κ1) is 15.3. The summed E-state index contributed by atoms with van der Waals surface area (Å²) >= 11 is 5.99. The predicted molar refractivity (Wildman–Crippen MR) is 82.6 cm³/mol. The van der Waals surface area contributed by atoms with Crippen LogP contribution in [0.4, 0.5) is 11.9 Å². The molecule has 0 atom stereocenters. The number of likely N-dealkylation sites (N-methyl/N-ethyl adjacent to an activating group) is 1. The maximum absolute atomic E-state index is 5.99. The fraction of sp³-hybridized carbons (Fsp3) is 0.769. The van der Waals surface area contributed by atoms with Crippen LogP contribution >= 0.6 is 11.6 Å². The Bertz CT molecular complexity index is 417. The van der Waals surface area contributed by atoms with Gasteiger partial charge in [-0.05, 0) is 37.5 Å². The van der Waals surface area contributed by atoms with Gasteiger partial charge in [0.05, 0.1) is 0 Å². The zero-order valence-corrected chi connectivity index (χ0v) is 13.0. The molecule has 2 rings (SSSR count). The van der Waals surface area contributed by atoms with Crippen molar-refractivity contribution in [3.05, 3.63) is 5.28 Å². The van der Waals surface area contributed by atoms with E-state index >= 15 is 0 Å². The van der Waals surface area contributed by atoms with Gasteiger partial charge in [-0.3, -0.25) is 0 Å². The quantitative estimate of drug-likeness (QED) is 0.829.